The first-order valence-corrected chi connectivity index (χ1v) is 10.6. The van der Waals surface area contributed by atoms with Crippen LogP contribution in [0.3, 0.4) is 0 Å². The number of aliphatic carboxylic acids is 2. The molecule has 1 unspecified atom stereocenters. The highest BCUT2D eigenvalue weighted by molar-refractivity contribution is 5.90. The zero-order valence-electron chi connectivity index (χ0n) is 16.9. The van der Waals surface area contributed by atoms with Crippen molar-refractivity contribution in [3.8, 4) is 11.1 Å². The van der Waals surface area contributed by atoms with E-state index in [4.69, 9.17) is 0 Å². The van der Waals surface area contributed by atoms with Gasteiger partial charge < -0.3 is 15.1 Å². The SMILES string of the molecule is O=C(O)[C@@H]1[C@H](C(=O)O)CCCN1c1cccc2c1C(c1ccccc1)c1ccccc1-2. The van der Waals surface area contributed by atoms with E-state index < -0.39 is 23.9 Å². The number of anilines is 1. The van der Waals surface area contributed by atoms with Crippen LogP contribution in [0.5, 0.6) is 0 Å². The number of hydrogen-bond donors (Lipinski definition) is 2. The molecule has 0 saturated carbocycles. The summed E-state index contributed by atoms with van der Waals surface area (Å²) in [6, 6.07) is 23.4. The van der Waals surface area contributed by atoms with Gasteiger partial charge in [0.15, 0.2) is 0 Å². The molecule has 2 aliphatic rings. The summed E-state index contributed by atoms with van der Waals surface area (Å²) in [5.74, 6) is -3.09. The maximum Gasteiger partial charge on any atom is 0.327 e. The van der Waals surface area contributed by atoms with Gasteiger partial charge in [0, 0.05) is 18.2 Å². The van der Waals surface area contributed by atoms with E-state index >= 15 is 0 Å². The summed E-state index contributed by atoms with van der Waals surface area (Å²) in [4.78, 5) is 25.9. The van der Waals surface area contributed by atoms with Gasteiger partial charge in [0.1, 0.15) is 6.04 Å². The maximum atomic E-state index is 12.2. The Morgan fingerprint density at radius 2 is 1.52 bits per heavy atom. The van der Waals surface area contributed by atoms with Gasteiger partial charge in [-0.1, -0.05) is 66.7 Å². The normalized spacial score (nSPS) is 21.9. The van der Waals surface area contributed by atoms with E-state index in [9.17, 15) is 19.8 Å². The predicted molar refractivity (Wildman–Crippen MR) is 118 cm³/mol. The highest BCUT2D eigenvalue weighted by Crippen LogP contribution is 2.52. The quantitative estimate of drug-likeness (QED) is 0.511. The second-order valence-corrected chi connectivity index (χ2v) is 8.23. The van der Waals surface area contributed by atoms with Gasteiger partial charge in [0.05, 0.1) is 5.92 Å². The van der Waals surface area contributed by atoms with E-state index in [0.29, 0.717) is 19.4 Å². The largest absolute Gasteiger partial charge is 0.481 e. The number of rotatable bonds is 4. The molecule has 1 fully saturated rings. The third-order valence-corrected chi connectivity index (χ3v) is 6.58. The van der Waals surface area contributed by atoms with Crippen molar-refractivity contribution in [2.45, 2.75) is 24.8 Å². The molecule has 1 aliphatic heterocycles. The van der Waals surface area contributed by atoms with Crippen LogP contribution < -0.4 is 4.90 Å². The summed E-state index contributed by atoms with van der Waals surface area (Å²) in [6.45, 7) is 0.523. The van der Waals surface area contributed by atoms with E-state index in [2.05, 4.69) is 30.3 Å². The van der Waals surface area contributed by atoms with Gasteiger partial charge in [-0.3, -0.25) is 4.79 Å². The van der Waals surface area contributed by atoms with Crippen molar-refractivity contribution in [2.75, 3.05) is 11.4 Å². The molecule has 3 atom stereocenters. The average Bonchev–Trinajstić information content (AvgIpc) is 3.13. The molecule has 3 aromatic rings. The smallest absolute Gasteiger partial charge is 0.327 e. The van der Waals surface area contributed by atoms with E-state index in [1.54, 1.807) is 0 Å². The number of carboxylic acid groups (broad SMARTS) is 2. The molecule has 1 aliphatic carbocycles. The van der Waals surface area contributed by atoms with Gasteiger partial charge in [-0.25, -0.2) is 4.79 Å². The molecule has 2 N–H and O–H groups in total. The van der Waals surface area contributed by atoms with Gasteiger partial charge in [-0.05, 0) is 46.7 Å². The summed E-state index contributed by atoms with van der Waals surface area (Å²) in [5.41, 5.74) is 6.44. The summed E-state index contributed by atoms with van der Waals surface area (Å²) >= 11 is 0. The fourth-order valence-corrected chi connectivity index (χ4v) is 5.31. The van der Waals surface area contributed by atoms with Crippen LogP contribution in [0, 0.1) is 5.92 Å². The lowest BCUT2D eigenvalue weighted by Crippen LogP contribution is -2.53. The lowest BCUT2D eigenvalue weighted by Gasteiger charge is -2.40. The first-order chi connectivity index (χ1) is 15.1. The van der Waals surface area contributed by atoms with Crippen molar-refractivity contribution in [1.82, 2.24) is 0 Å². The fraction of sp³-hybridized carbons (Fsp3) is 0.231. The van der Waals surface area contributed by atoms with Crippen LogP contribution in [0.15, 0.2) is 72.8 Å². The predicted octanol–water partition coefficient (Wildman–Crippen LogP) is 4.60. The Morgan fingerprint density at radius 1 is 0.806 bits per heavy atom. The number of piperidine rings is 1. The van der Waals surface area contributed by atoms with Crippen molar-refractivity contribution in [2.24, 2.45) is 5.92 Å². The van der Waals surface area contributed by atoms with E-state index in [1.807, 2.05) is 47.4 Å². The zero-order valence-corrected chi connectivity index (χ0v) is 16.9. The standard InChI is InChI=1S/C26H23NO4/c28-25(29)20-13-7-15-27(24(20)26(30)31)21-14-6-12-19-17-10-4-5-11-18(17)22(23(19)21)16-8-2-1-3-9-16/h1-6,8-12,14,20,22,24H,7,13,15H2,(H,28,29)(H,30,31)/t20-,22?,24+/m1/s1. The fourth-order valence-electron chi connectivity index (χ4n) is 5.31. The van der Waals surface area contributed by atoms with Gasteiger partial charge in [0.25, 0.3) is 0 Å². The number of fused-ring (bicyclic) bond motifs is 3. The van der Waals surface area contributed by atoms with Gasteiger partial charge in [-0.15, -0.1) is 0 Å². The van der Waals surface area contributed by atoms with Crippen molar-refractivity contribution in [1.29, 1.82) is 0 Å². The van der Waals surface area contributed by atoms with Crippen LogP contribution in [0.1, 0.15) is 35.4 Å². The minimum atomic E-state index is -1.09. The highest BCUT2D eigenvalue weighted by atomic mass is 16.4. The first-order valence-electron chi connectivity index (χ1n) is 10.6. The summed E-state index contributed by atoms with van der Waals surface area (Å²) in [6.07, 6.45) is 1.02. The molecular weight excluding hydrogens is 390 g/mol. The average molecular weight is 413 g/mol. The molecule has 1 saturated heterocycles. The monoisotopic (exact) mass is 413 g/mol. The minimum Gasteiger partial charge on any atom is -0.481 e. The topological polar surface area (TPSA) is 77.8 Å². The Balaban J connectivity index is 1.72. The molecule has 5 nitrogen and oxygen atoms in total. The van der Waals surface area contributed by atoms with E-state index in [0.717, 1.165) is 27.9 Å². The molecule has 156 valence electrons. The molecule has 0 bridgehead atoms. The van der Waals surface area contributed by atoms with Crippen molar-refractivity contribution >= 4 is 17.6 Å². The number of carbonyl (C=O) groups is 2. The first kappa shape index (κ1) is 19.4. The summed E-state index contributed by atoms with van der Waals surface area (Å²) in [5, 5.41) is 19.7. The lowest BCUT2D eigenvalue weighted by molar-refractivity contribution is -0.151. The van der Waals surface area contributed by atoms with Crippen molar-refractivity contribution in [3.05, 3.63) is 89.5 Å². The van der Waals surface area contributed by atoms with Crippen molar-refractivity contribution < 1.29 is 19.8 Å². The van der Waals surface area contributed by atoms with Gasteiger partial charge >= 0.3 is 11.9 Å². The molecule has 5 heteroatoms. The molecule has 5 rings (SSSR count). The summed E-state index contributed by atoms with van der Waals surface area (Å²) < 4.78 is 0. The number of carboxylic acids is 2. The second kappa shape index (κ2) is 7.58. The third kappa shape index (κ3) is 3.08. The van der Waals surface area contributed by atoms with E-state index in [-0.39, 0.29) is 5.92 Å². The van der Waals surface area contributed by atoms with Crippen LogP contribution >= 0.6 is 0 Å². The van der Waals surface area contributed by atoms with Crippen LogP contribution in [0.25, 0.3) is 11.1 Å². The number of benzene rings is 3. The maximum absolute atomic E-state index is 12.2. The highest BCUT2D eigenvalue weighted by Gasteiger charge is 2.43. The van der Waals surface area contributed by atoms with Gasteiger partial charge in [0.2, 0.25) is 0 Å². The van der Waals surface area contributed by atoms with Crippen LogP contribution in [-0.4, -0.2) is 34.7 Å². The Hall–Kier alpha value is -3.60. The molecule has 0 aromatic heterocycles. The Labute approximate surface area is 180 Å². The lowest BCUT2D eigenvalue weighted by atomic mass is 9.85. The molecular formula is C26H23NO4. The van der Waals surface area contributed by atoms with Crippen molar-refractivity contribution in [3.63, 3.8) is 0 Å². The Kier molecular flexibility index (Phi) is 4.74. The van der Waals surface area contributed by atoms with E-state index in [1.165, 1.54) is 5.56 Å². The number of hydrogen-bond acceptors (Lipinski definition) is 3. The Morgan fingerprint density at radius 3 is 2.26 bits per heavy atom. The molecule has 31 heavy (non-hydrogen) atoms. The third-order valence-electron chi connectivity index (χ3n) is 6.58. The molecule has 0 radical (unpaired) electrons. The zero-order chi connectivity index (χ0) is 21.5. The molecule has 0 amide bonds. The minimum absolute atomic E-state index is 0.0248. The van der Waals surface area contributed by atoms with Gasteiger partial charge in [-0.2, -0.15) is 0 Å². The van der Waals surface area contributed by atoms with Crippen LogP contribution in [0.4, 0.5) is 5.69 Å². The molecule has 0 spiro atoms. The number of nitrogens with zero attached hydrogens (tertiary/aromatic N) is 1. The summed E-state index contributed by atoms with van der Waals surface area (Å²) in [7, 11) is 0. The molecule has 3 aromatic carbocycles. The Bertz CT molecular complexity index is 1160. The van der Waals surface area contributed by atoms with Crippen LogP contribution in [-0.2, 0) is 9.59 Å². The van der Waals surface area contributed by atoms with Crippen LogP contribution in [0.2, 0.25) is 0 Å². The second-order valence-electron chi connectivity index (χ2n) is 8.23. The molecule has 1 heterocycles.